The topological polar surface area (TPSA) is 47.6 Å². The van der Waals surface area contributed by atoms with Crippen molar-refractivity contribution in [2.45, 2.75) is 19.8 Å². The molecule has 2 aromatic rings. The number of anilines is 1. The van der Waals surface area contributed by atoms with Crippen LogP contribution in [0.5, 0.6) is 11.5 Å². The minimum atomic E-state index is -0.208. The van der Waals surface area contributed by atoms with Gasteiger partial charge in [0.15, 0.2) is 11.5 Å². The number of rotatable bonds is 5. The molecule has 1 amide bonds. The van der Waals surface area contributed by atoms with Gasteiger partial charge in [0.1, 0.15) is 0 Å². The van der Waals surface area contributed by atoms with Crippen LogP contribution < -0.4 is 14.8 Å². The second kappa shape index (κ2) is 8.03. The minimum Gasteiger partial charge on any atom is -0.493 e. The molecule has 0 saturated carbocycles. The lowest BCUT2D eigenvalue weighted by Gasteiger charge is -2.16. The number of carbonyl (C=O) groups is 1. The molecule has 2 rings (SSSR count). The van der Waals surface area contributed by atoms with E-state index in [1.165, 1.54) is 7.11 Å². The van der Waals surface area contributed by atoms with Gasteiger partial charge in [0, 0.05) is 15.7 Å². The van der Waals surface area contributed by atoms with E-state index in [1.807, 2.05) is 18.2 Å². The number of benzene rings is 2. The summed E-state index contributed by atoms with van der Waals surface area (Å²) in [5.41, 5.74) is 2.35. The highest BCUT2D eigenvalue weighted by Crippen LogP contribution is 2.36. The van der Waals surface area contributed by atoms with Crippen molar-refractivity contribution in [2.24, 2.45) is 0 Å². The first kappa shape index (κ1) is 18.8. The van der Waals surface area contributed by atoms with E-state index >= 15 is 0 Å². The Balaban J connectivity index is 2.36. The van der Waals surface area contributed by atoms with Gasteiger partial charge in [-0.15, -0.1) is 0 Å². The summed E-state index contributed by atoms with van der Waals surface area (Å²) >= 11 is 6.88. The maximum absolute atomic E-state index is 12.7. The molecule has 0 fully saturated rings. The summed E-state index contributed by atoms with van der Waals surface area (Å²) in [6.45, 7) is 4.18. The zero-order chi connectivity index (χ0) is 17.9. The maximum atomic E-state index is 12.7. The van der Waals surface area contributed by atoms with Gasteiger partial charge < -0.3 is 14.8 Å². The summed E-state index contributed by atoms with van der Waals surface area (Å²) in [5.74, 6) is 1.13. The molecular formula is C18H19Br2NO3. The Bertz CT molecular complexity index is 760. The molecule has 0 aliphatic carbocycles. The average Bonchev–Trinajstić information content (AvgIpc) is 2.55. The molecule has 0 saturated heterocycles. The number of hydrogen-bond acceptors (Lipinski definition) is 3. The van der Waals surface area contributed by atoms with Gasteiger partial charge in [-0.05, 0) is 57.7 Å². The van der Waals surface area contributed by atoms with Gasteiger partial charge in [-0.1, -0.05) is 29.8 Å². The van der Waals surface area contributed by atoms with Crippen molar-refractivity contribution in [3.8, 4) is 11.5 Å². The highest BCUT2D eigenvalue weighted by Gasteiger charge is 2.16. The second-order valence-electron chi connectivity index (χ2n) is 5.53. The fourth-order valence-corrected chi connectivity index (χ4v) is 3.35. The van der Waals surface area contributed by atoms with Crippen molar-refractivity contribution in [1.29, 1.82) is 0 Å². The summed E-state index contributed by atoms with van der Waals surface area (Å²) < 4.78 is 12.2. The minimum absolute atomic E-state index is 0.208. The fourth-order valence-electron chi connectivity index (χ4n) is 2.37. The Morgan fingerprint density at radius 1 is 1.08 bits per heavy atom. The van der Waals surface area contributed by atoms with E-state index in [4.69, 9.17) is 9.47 Å². The van der Waals surface area contributed by atoms with E-state index in [9.17, 15) is 4.79 Å². The number of ether oxygens (including phenoxy) is 2. The van der Waals surface area contributed by atoms with Crippen LogP contribution in [0.15, 0.2) is 39.3 Å². The molecule has 2 aromatic carbocycles. The summed E-state index contributed by atoms with van der Waals surface area (Å²) in [4.78, 5) is 12.7. The zero-order valence-corrected chi connectivity index (χ0v) is 17.1. The Morgan fingerprint density at radius 2 is 1.79 bits per heavy atom. The highest BCUT2D eigenvalue weighted by atomic mass is 79.9. The lowest BCUT2D eigenvalue weighted by Crippen LogP contribution is -2.14. The van der Waals surface area contributed by atoms with Crippen LogP contribution in [0.3, 0.4) is 0 Å². The Morgan fingerprint density at radius 3 is 2.38 bits per heavy atom. The lowest BCUT2D eigenvalue weighted by molar-refractivity contribution is 0.102. The van der Waals surface area contributed by atoms with E-state index in [-0.39, 0.29) is 11.8 Å². The second-order valence-corrected chi connectivity index (χ2v) is 7.30. The van der Waals surface area contributed by atoms with E-state index in [0.717, 1.165) is 15.7 Å². The zero-order valence-electron chi connectivity index (χ0n) is 13.9. The highest BCUT2D eigenvalue weighted by molar-refractivity contribution is 9.10. The molecule has 0 bridgehead atoms. The van der Waals surface area contributed by atoms with Crippen LogP contribution in [0, 0.1) is 0 Å². The van der Waals surface area contributed by atoms with E-state index in [1.54, 1.807) is 19.2 Å². The van der Waals surface area contributed by atoms with Crippen LogP contribution in [-0.2, 0) is 0 Å². The Hall–Kier alpha value is -1.53. The molecule has 6 heteroatoms. The molecule has 0 aromatic heterocycles. The fraction of sp³-hybridized carbons (Fsp3) is 0.278. The number of halogens is 2. The van der Waals surface area contributed by atoms with E-state index < -0.39 is 0 Å². The lowest BCUT2D eigenvalue weighted by atomic mass is 10.0. The van der Waals surface area contributed by atoms with Crippen molar-refractivity contribution in [3.63, 3.8) is 0 Å². The molecule has 24 heavy (non-hydrogen) atoms. The third-order valence-corrected chi connectivity index (χ3v) is 4.66. The quantitative estimate of drug-likeness (QED) is 0.636. The van der Waals surface area contributed by atoms with Crippen LogP contribution in [0.25, 0.3) is 0 Å². The predicted octanol–water partition coefficient (Wildman–Crippen LogP) is 5.60. The molecule has 0 atom stereocenters. The van der Waals surface area contributed by atoms with Gasteiger partial charge in [0.2, 0.25) is 0 Å². The molecular weight excluding hydrogens is 438 g/mol. The maximum Gasteiger partial charge on any atom is 0.255 e. The van der Waals surface area contributed by atoms with Crippen LogP contribution in [0.2, 0.25) is 0 Å². The van der Waals surface area contributed by atoms with Crippen molar-refractivity contribution < 1.29 is 14.3 Å². The first-order chi connectivity index (χ1) is 11.4. The third-order valence-electron chi connectivity index (χ3n) is 3.58. The summed E-state index contributed by atoms with van der Waals surface area (Å²) in [6, 6.07) is 9.20. The molecule has 0 spiro atoms. The van der Waals surface area contributed by atoms with Gasteiger partial charge in [-0.25, -0.2) is 0 Å². The van der Waals surface area contributed by atoms with Crippen molar-refractivity contribution in [3.05, 3.63) is 50.4 Å². The molecule has 128 valence electrons. The van der Waals surface area contributed by atoms with Gasteiger partial charge >= 0.3 is 0 Å². The molecule has 0 aliphatic heterocycles. The van der Waals surface area contributed by atoms with E-state index in [2.05, 4.69) is 51.0 Å². The van der Waals surface area contributed by atoms with Gasteiger partial charge in [0.05, 0.1) is 18.7 Å². The standard InChI is InChI=1S/C18H19Br2NO3/c1-10(2)13-9-12(19)5-6-15(13)21-18(22)11-7-14(20)17(24-4)16(8-11)23-3/h5-10H,1-4H3,(H,21,22). The average molecular weight is 457 g/mol. The third kappa shape index (κ3) is 4.11. The smallest absolute Gasteiger partial charge is 0.255 e. The number of carbonyl (C=O) groups excluding carboxylic acids is 1. The van der Waals surface area contributed by atoms with Gasteiger partial charge in [-0.2, -0.15) is 0 Å². The van der Waals surface area contributed by atoms with Crippen molar-refractivity contribution in [1.82, 2.24) is 0 Å². The number of hydrogen-bond donors (Lipinski definition) is 1. The molecule has 1 N–H and O–H groups in total. The molecule has 0 aliphatic rings. The van der Waals surface area contributed by atoms with Gasteiger partial charge in [-0.3, -0.25) is 4.79 Å². The van der Waals surface area contributed by atoms with Crippen LogP contribution in [-0.4, -0.2) is 20.1 Å². The monoisotopic (exact) mass is 455 g/mol. The Kier molecular flexibility index (Phi) is 6.29. The van der Waals surface area contributed by atoms with Gasteiger partial charge in [0.25, 0.3) is 5.91 Å². The Labute approximate surface area is 158 Å². The number of nitrogens with one attached hydrogen (secondary N) is 1. The van der Waals surface area contributed by atoms with Crippen molar-refractivity contribution in [2.75, 3.05) is 19.5 Å². The van der Waals surface area contributed by atoms with Crippen LogP contribution in [0.4, 0.5) is 5.69 Å². The molecule has 4 nitrogen and oxygen atoms in total. The normalized spacial score (nSPS) is 10.6. The van der Waals surface area contributed by atoms with Crippen LogP contribution >= 0.6 is 31.9 Å². The summed E-state index contributed by atoms with van der Waals surface area (Å²) in [5, 5.41) is 2.97. The molecule has 0 radical (unpaired) electrons. The largest absolute Gasteiger partial charge is 0.493 e. The summed E-state index contributed by atoms with van der Waals surface area (Å²) in [6.07, 6.45) is 0. The molecule has 0 heterocycles. The number of methoxy groups -OCH3 is 2. The molecule has 0 unspecified atom stereocenters. The SMILES string of the molecule is COc1cc(C(=O)Nc2ccc(Br)cc2C(C)C)cc(Br)c1OC. The number of amides is 1. The van der Waals surface area contributed by atoms with Crippen molar-refractivity contribution >= 4 is 43.5 Å². The predicted molar refractivity (Wildman–Crippen MR) is 103 cm³/mol. The first-order valence-electron chi connectivity index (χ1n) is 7.39. The first-order valence-corrected chi connectivity index (χ1v) is 8.98. The summed E-state index contributed by atoms with van der Waals surface area (Å²) in [7, 11) is 3.09. The van der Waals surface area contributed by atoms with E-state index in [0.29, 0.717) is 21.5 Å². The van der Waals surface area contributed by atoms with Crippen LogP contribution in [0.1, 0.15) is 35.7 Å².